The molecule has 2 aromatic carbocycles. The molecule has 2 aromatic rings. The van der Waals surface area contributed by atoms with E-state index in [9.17, 15) is 4.79 Å². The molecule has 0 heterocycles. The Morgan fingerprint density at radius 3 is 2.42 bits per heavy atom. The minimum absolute atomic E-state index is 0.124. The summed E-state index contributed by atoms with van der Waals surface area (Å²) in [5.74, 6) is -0.467. The zero-order valence-electron chi connectivity index (χ0n) is 10.3. The molecule has 98 valence electrons. The summed E-state index contributed by atoms with van der Waals surface area (Å²) in [6, 6.07) is 15.6. The van der Waals surface area contributed by atoms with Crippen LogP contribution in [0.25, 0.3) is 0 Å². The number of rotatable bonds is 4. The Bertz CT molecular complexity index is 557. The maximum absolute atomic E-state index is 11.8. The molecule has 2 rings (SSSR count). The molecule has 0 aliphatic carbocycles. The molecule has 19 heavy (non-hydrogen) atoms. The molecular weight excluding hydrogens is 262 g/mol. The maximum Gasteiger partial charge on any atom is 0.327 e. The van der Waals surface area contributed by atoms with Gasteiger partial charge in [0.1, 0.15) is 12.6 Å². The molecule has 0 bridgehead atoms. The predicted molar refractivity (Wildman–Crippen MR) is 74.6 cm³/mol. The lowest BCUT2D eigenvalue weighted by Gasteiger charge is -2.12. The van der Waals surface area contributed by atoms with Crippen molar-refractivity contribution in [1.82, 2.24) is 0 Å². The molecule has 3 nitrogen and oxygen atoms in total. The molecule has 0 spiro atoms. The topological polar surface area (TPSA) is 52.3 Å². The quantitative estimate of drug-likeness (QED) is 0.873. The van der Waals surface area contributed by atoms with E-state index in [0.29, 0.717) is 5.02 Å². The van der Waals surface area contributed by atoms with Gasteiger partial charge in [0.25, 0.3) is 0 Å². The fraction of sp³-hybridized carbons (Fsp3) is 0.133. The molecule has 0 aromatic heterocycles. The number of ether oxygens (including phenoxy) is 1. The Hall–Kier alpha value is -1.84. The normalized spacial score (nSPS) is 11.9. The molecule has 0 aliphatic rings. The second-order valence-corrected chi connectivity index (χ2v) is 4.49. The molecule has 0 saturated heterocycles. The van der Waals surface area contributed by atoms with Crippen LogP contribution >= 0.6 is 11.6 Å². The Labute approximate surface area is 117 Å². The number of halogens is 1. The second kappa shape index (κ2) is 6.36. The average Bonchev–Trinajstić information content (AvgIpc) is 2.46. The largest absolute Gasteiger partial charge is 0.459 e. The first-order chi connectivity index (χ1) is 9.18. The van der Waals surface area contributed by atoms with Gasteiger partial charge in [-0.15, -0.1) is 0 Å². The molecule has 0 unspecified atom stereocenters. The third-order valence-corrected chi connectivity index (χ3v) is 3.11. The molecule has 0 fully saturated rings. The summed E-state index contributed by atoms with van der Waals surface area (Å²) in [6.07, 6.45) is 0. The summed E-state index contributed by atoms with van der Waals surface area (Å²) >= 11 is 5.98. The van der Waals surface area contributed by atoms with Crippen molar-refractivity contribution in [3.63, 3.8) is 0 Å². The second-order valence-electron chi connectivity index (χ2n) is 4.09. The van der Waals surface area contributed by atoms with Crippen molar-refractivity contribution in [2.45, 2.75) is 12.6 Å². The molecular formula is C15H14ClNO2. The van der Waals surface area contributed by atoms with Gasteiger partial charge in [-0.25, -0.2) is 4.79 Å². The standard InChI is InChI=1S/C15H14ClNO2/c16-13-9-5-4-8-12(13)10-19-15(18)14(17)11-6-2-1-3-7-11/h1-9,14H,10,17H2/t14-/m1/s1. The Balaban J connectivity index is 1.97. The lowest BCUT2D eigenvalue weighted by Crippen LogP contribution is -2.23. The number of esters is 1. The van der Waals surface area contributed by atoms with E-state index in [-0.39, 0.29) is 6.61 Å². The zero-order valence-corrected chi connectivity index (χ0v) is 11.0. The van der Waals surface area contributed by atoms with Crippen molar-refractivity contribution in [3.05, 3.63) is 70.7 Å². The number of carbonyl (C=O) groups is 1. The van der Waals surface area contributed by atoms with E-state index in [4.69, 9.17) is 22.1 Å². The van der Waals surface area contributed by atoms with Crippen LogP contribution in [0.3, 0.4) is 0 Å². The van der Waals surface area contributed by atoms with E-state index in [0.717, 1.165) is 11.1 Å². The molecule has 0 radical (unpaired) electrons. The molecule has 0 aliphatic heterocycles. The van der Waals surface area contributed by atoms with Crippen molar-refractivity contribution in [2.24, 2.45) is 5.73 Å². The van der Waals surface area contributed by atoms with Crippen LogP contribution in [0.1, 0.15) is 17.2 Å². The van der Waals surface area contributed by atoms with Crippen molar-refractivity contribution in [2.75, 3.05) is 0 Å². The van der Waals surface area contributed by atoms with Crippen LogP contribution in [0.2, 0.25) is 5.02 Å². The summed E-state index contributed by atoms with van der Waals surface area (Å²) in [5, 5.41) is 0.573. The van der Waals surface area contributed by atoms with E-state index < -0.39 is 12.0 Å². The number of carbonyl (C=O) groups excluding carboxylic acids is 1. The van der Waals surface area contributed by atoms with Gasteiger partial charge in [0.15, 0.2) is 0 Å². The first-order valence-electron chi connectivity index (χ1n) is 5.89. The highest BCUT2D eigenvalue weighted by Gasteiger charge is 2.17. The van der Waals surface area contributed by atoms with Crippen LogP contribution in [-0.2, 0) is 16.1 Å². The van der Waals surface area contributed by atoms with Gasteiger partial charge >= 0.3 is 5.97 Å². The van der Waals surface area contributed by atoms with Gasteiger partial charge in [-0.05, 0) is 11.6 Å². The third-order valence-electron chi connectivity index (χ3n) is 2.74. The van der Waals surface area contributed by atoms with Gasteiger partial charge < -0.3 is 10.5 Å². The first kappa shape index (κ1) is 13.6. The van der Waals surface area contributed by atoms with E-state index in [1.807, 2.05) is 36.4 Å². The number of hydrogen-bond acceptors (Lipinski definition) is 3. The van der Waals surface area contributed by atoms with Crippen LogP contribution in [0.4, 0.5) is 0 Å². The molecule has 1 atom stereocenters. The van der Waals surface area contributed by atoms with Gasteiger partial charge in [-0.2, -0.15) is 0 Å². The van der Waals surface area contributed by atoms with Crippen molar-refractivity contribution in [1.29, 1.82) is 0 Å². The summed E-state index contributed by atoms with van der Waals surface area (Å²) in [5.41, 5.74) is 7.32. The minimum atomic E-state index is -0.774. The summed E-state index contributed by atoms with van der Waals surface area (Å²) in [6.45, 7) is 0.124. The zero-order chi connectivity index (χ0) is 13.7. The van der Waals surface area contributed by atoms with Gasteiger partial charge in [0, 0.05) is 10.6 Å². The van der Waals surface area contributed by atoms with Gasteiger partial charge in [0.2, 0.25) is 0 Å². The van der Waals surface area contributed by atoms with Gasteiger partial charge in [0.05, 0.1) is 0 Å². The Morgan fingerprint density at radius 2 is 1.74 bits per heavy atom. The van der Waals surface area contributed by atoms with Crippen LogP contribution in [0.5, 0.6) is 0 Å². The van der Waals surface area contributed by atoms with Crippen LogP contribution < -0.4 is 5.73 Å². The SMILES string of the molecule is N[C@@H](C(=O)OCc1ccccc1Cl)c1ccccc1. The van der Waals surface area contributed by atoms with Crippen molar-refractivity contribution >= 4 is 17.6 Å². The average molecular weight is 276 g/mol. The van der Waals surface area contributed by atoms with Crippen LogP contribution in [0.15, 0.2) is 54.6 Å². The Morgan fingerprint density at radius 1 is 1.11 bits per heavy atom. The highest BCUT2D eigenvalue weighted by molar-refractivity contribution is 6.31. The lowest BCUT2D eigenvalue weighted by molar-refractivity contribution is -0.146. The number of benzene rings is 2. The Kier molecular flexibility index (Phi) is 4.55. The smallest absolute Gasteiger partial charge is 0.327 e. The number of hydrogen-bond donors (Lipinski definition) is 1. The molecule has 2 N–H and O–H groups in total. The summed E-state index contributed by atoms with van der Waals surface area (Å²) in [4.78, 5) is 11.8. The molecule has 4 heteroatoms. The molecule has 0 amide bonds. The predicted octanol–water partition coefficient (Wildman–Crippen LogP) is 3.08. The monoisotopic (exact) mass is 275 g/mol. The van der Waals surface area contributed by atoms with E-state index in [1.54, 1.807) is 18.2 Å². The van der Waals surface area contributed by atoms with Gasteiger partial charge in [-0.3, -0.25) is 0 Å². The van der Waals surface area contributed by atoms with Crippen molar-refractivity contribution in [3.8, 4) is 0 Å². The van der Waals surface area contributed by atoms with Gasteiger partial charge in [-0.1, -0.05) is 60.1 Å². The summed E-state index contributed by atoms with van der Waals surface area (Å²) < 4.78 is 5.18. The summed E-state index contributed by atoms with van der Waals surface area (Å²) in [7, 11) is 0. The first-order valence-corrected chi connectivity index (χ1v) is 6.27. The van der Waals surface area contributed by atoms with E-state index in [2.05, 4.69) is 0 Å². The van der Waals surface area contributed by atoms with Crippen LogP contribution in [0, 0.1) is 0 Å². The van der Waals surface area contributed by atoms with Crippen LogP contribution in [-0.4, -0.2) is 5.97 Å². The van der Waals surface area contributed by atoms with E-state index >= 15 is 0 Å². The highest BCUT2D eigenvalue weighted by Crippen LogP contribution is 2.17. The lowest BCUT2D eigenvalue weighted by atomic mass is 10.1. The fourth-order valence-corrected chi connectivity index (χ4v) is 1.84. The maximum atomic E-state index is 11.8. The third kappa shape index (κ3) is 3.56. The number of nitrogens with two attached hydrogens (primary N) is 1. The fourth-order valence-electron chi connectivity index (χ4n) is 1.65. The highest BCUT2D eigenvalue weighted by atomic mass is 35.5. The minimum Gasteiger partial charge on any atom is -0.459 e. The molecule has 0 saturated carbocycles. The van der Waals surface area contributed by atoms with E-state index in [1.165, 1.54) is 0 Å². The van der Waals surface area contributed by atoms with Crippen molar-refractivity contribution < 1.29 is 9.53 Å².